The third-order valence-corrected chi connectivity index (χ3v) is 5.29. The average Bonchev–Trinajstić information content (AvgIpc) is 2.76. The van der Waals surface area contributed by atoms with Gasteiger partial charge in [0.1, 0.15) is 11.5 Å². The van der Waals surface area contributed by atoms with Gasteiger partial charge < -0.3 is 19.7 Å². The molecule has 0 unspecified atom stereocenters. The molecule has 29 heavy (non-hydrogen) atoms. The SMILES string of the molecule is COc1cc(OC)cc(C(=O)NCCCN2CCN(c3cccc(C)c3)CC2)c1. The lowest BCUT2D eigenvalue weighted by Gasteiger charge is -2.36. The smallest absolute Gasteiger partial charge is 0.251 e. The van der Waals surface area contributed by atoms with Crippen LogP contribution in [0.4, 0.5) is 5.69 Å². The molecule has 3 rings (SSSR count). The van der Waals surface area contributed by atoms with E-state index >= 15 is 0 Å². The number of amides is 1. The van der Waals surface area contributed by atoms with Crippen molar-refractivity contribution in [2.24, 2.45) is 0 Å². The number of carbonyl (C=O) groups excluding carboxylic acids is 1. The zero-order valence-electron chi connectivity index (χ0n) is 17.6. The van der Waals surface area contributed by atoms with Crippen LogP contribution in [-0.4, -0.2) is 64.3 Å². The van der Waals surface area contributed by atoms with E-state index in [1.54, 1.807) is 32.4 Å². The summed E-state index contributed by atoms with van der Waals surface area (Å²) in [5, 5.41) is 2.99. The maximum atomic E-state index is 12.4. The molecular formula is C23H31N3O3. The van der Waals surface area contributed by atoms with E-state index in [4.69, 9.17) is 9.47 Å². The summed E-state index contributed by atoms with van der Waals surface area (Å²) in [6, 6.07) is 13.9. The van der Waals surface area contributed by atoms with Crippen molar-refractivity contribution in [3.8, 4) is 11.5 Å². The van der Waals surface area contributed by atoms with Crippen LogP contribution in [0.5, 0.6) is 11.5 Å². The fourth-order valence-electron chi connectivity index (χ4n) is 3.60. The van der Waals surface area contributed by atoms with E-state index in [-0.39, 0.29) is 5.91 Å². The van der Waals surface area contributed by atoms with Gasteiger partial charge in [0.05, 0.1) is 14.2 Å². The lowest BCUT2D eigenvalue weighted by Crippen LogP contribution is -2.47. The lowest BCUT2D eigenvalue weighted by atomic mass is 10.2. The average molecular weight is 398 g/mol. The van der Waals surface area contributed by atoms with Gasteiger partial charge in [-0.3, -0.25) is 9.69 Å². The summed E-state index contributed by atoms with van der Waals surface area (Å²) in [7, 11) is 3.16. The van der Waals surface area contributed by atoms with E-state index in [1.807, 2.05) is 0 Å². The molecule has 6 nitrogen and oxygen atoms in total. The minimum absolute atomic E-state index is 0.105. The maximum Gasteiger partial charge on any atom is 0.251 e. The first-order valence-corrected chi connectivity index (χ1v) is 10.1. The molecule has 0 aromatic heterocycles. The van der Waals surface area contributed by atoms with Gasteiger partial charge in [-0.1, -0.05) is 12.1 Å². The number of hydrogen-bond donors (Lipinski definition) is 1. The van der Waals surface area contributed by atoms with Crippen LogP contribution in [0.15, 0.2) is 42.5 Å². The highest BCUT2D eigenvalue weighted by Gasteiger charge is 2.17. The van der Waals surface area contributed by atoms with Crippen LogP contribution in [0.3, 0.4) is 0 Å². The molecule has 0 bridgehead atoms. The second kappa shape index (κ2) is 10.2. The van der Waals surface area contributed by atoms with Gasteiger partial charge in [0.2, 0.25) is 0 Å². The van der Waals surface area contributed by atoms with Crippen molar-refractivity contribution in [1.82, 2.24) is 10.2 Å². The van der Waals surface area contributed by atoms with E-state index in [0.29, 0.717) is 23.6 Å². The Bertz CT molecular complexity index is 795. The number of nitrogens with zero attached hydrogens (tertiary/aromatic N) is 2. The minimum Gasteiger partial charge on any atom is -0.497 e. The summed E-state index contributed by atoms with van der Waals surface area (Å²) in [5.41, 5.74) is 3.16. The topological polar surface area (TPSA) is 54.0 Å². The lowest BCUT2D eigenvalue weighted by molar-refractivity contribution is 0.0950. The number of piperazine rings is 1. The quantitative estimate of drug-likeness (QED) is 0.694. The van der Waals surface area contributed by atoms with Crippen LogP contribution >= 0.6 is 0 Å². The Balaban J connectivity index is 1.39. The summed E-state index contributed by atoms with van der Waals surface area (Å²) in [5.74, 6) is 1.12. The molecular weight excluding hydrogens is 366 g/mol. The Morgan fingerprint density at radius 1 is 1.00 bits per heavy atom. The highest BCUT2D eigenvalue weighted by molar-refractivity contribution is 5.95. The van der Waals surface area contributed by atoms with Crippen LogP contribution < -0.4 is 19.7 Å². The van der Waals surface area contributed by atoms with Gasteiger partial charge in [-0.15, -0.1) is 0 Å². The van der Waals surface area contributed by atoms with Crippen LogP contribution in [0.2, 0.25) is 0 Å². The van der Waals surface area contributed by atoms with E-state index in [2.05, 4.69) is 46.3 Å². The fourth-order valence-corrected chi connectivity index (χ4v) is 3.60. The molecule has 1 amide bonds. The van der Waals surface area contributed by atoms with E-state index < -0.39 is 0 Å². The second-order valence-electron chi connectivity index (χ2n) is 7.38. The zero-order valence-corrected chi connectivity index (χ0v) is 17.6. The molecule has 1 N–H and O–H groups in total. The molecule has 1 aliphatic heterocycles. The monoisotopic (exact) mass is 397 g/mol. The van der Waals surface area contributed by atoms with Crippen molar-refractivity contribution in [3.63, 3.8) is 0 Å². The molecule has 1 saturated heterocycles. The number of ether oxygens (including phenoxy) is 2. The molecule has 0 spiro atoms. The van der Waals surface area contributed by atoms with E-state index in [9.17, 15) is 4.79 Å². The summed E-state index contributed by atoms with van der Waals surface area (Å²) in [6.07, 6.45) is 0.928. The number of benzene rings is 2. The van der Waals surface area contributed by atoms with E-state index in [1.165, 1.54) is 11.3 Å². The summed E-state index contributed by atoms with van der Waals surface area (Å²) < 4.78 is 10.5. The first-order chi connectivity index (χ1) is 14.1. The van der Waals surface area contributed by atoms with Gasteiger partial charge in [-0.2, -0.15) is 0 Å². The van der Waals surface area contributed by atoms with Crippen molar-refractivity contribution in [2.45, 2.75) is 13.3 Å². The Morgan fingerprint density at radius 3 is 2.31 bits per heavy atom. The Labute approximate surface area is 173 Å². The maximum absolute atomic E-state index is 12.4. The standard InChI is InChI=1S/C23H31N3O3/c1-18-6-4-7-20(14-18)26-12-10-25(11-13-26)9-5-8-24-23(27)19-15-21(28-2)17-22(16-19)29-3/h4,6-7,14-17H,5,8-13H2,1-3H3,(H,24,27). The van der Waals surface area contributed by atoms with Crippen molar-refractivity contribution in [3.05, 3.63) is 53.6 Å². The molecule has 0 radical (unpaired) electrons. The highest BCUT2D eigenvalue weighted by Crippen LogP contribution is 2.22. The predicted octanol–water partition coefficient (Wildman–Crippen LogP) is 2.95. The van der Waals surface area contributed by atoms with Crippen LogP contribution in [0.25, 0.3) is 0 Å². The van der Waals surface area contributed by atoms with Crippen LogP contribution in [0.1, 0.15) is 22.3 Å². The predicted molar refractivity (Wildman–Crippen MR) is 116 cm³/mol. The van der Waals surface area contributed by atoms with Crippen molar-refractivity contribution < 1.29 is 14.3 Å². The van der Waals surface area contributed by atoms with Crippen LogP contribution in [0, 0.1) is 6.92 Å². The molecule has 0 aliphatic carbocycles. The van der Waals surface area contributed by atoms with Crippen molar-refractivity contribution >= 4 is 11.6 Å². The first kappa shape index (κ1) is 21.0. The molecule has 1 aliphatic rings. The molecule has 0 saturated carbocycles. The number of methoxy groups -OCH3 is 2. The van der Waals surface area contributed by atoms with Gasteiger partial charge in [-0.25, -0.2) is 0 Å². The Kier molecular flexibility index (Phi) is 7.36. The second-order valence-corrected chi connectivity index (χ2v) is 7.38. The van der Waals surface area contributed by atoms with Crippen molar-refractivity contribution in [2.75, 3.05) is 58.4 Å². The molecule has 6 heteroatoms. The first-order valence-electron chi connectivity index (χ1n) is 10.1. The summed E-state index contributed by atoms with van der Waals surface area (Å²) in [4.78, 5) is 17.3. The number of rotatable bonds is 8. The largest absolute Gasteiger partial charge is 0.497 e. The number of hydrogen-bond acceptors (Lipinski definition) is 5. The number of nitrogens with one attached hydrogen (secondary N) is 1. The molecule has 1 heterocycles. The zero-order chi connectivity index (χ0) is 20.6. The highest BCUT2D eigenvalue weighted by atomic mass is 16.5. The van der Waals surface area contributed by atoms with Gasteiger partial charge >= 0.3 is 0 Å². The fraction of sp³-hybridized carbons (Fsp3) is 0.435. The Morgan fingerprint density at radius 2 is 1.69 bits per heavy atom. The van der Waals surface area contributed by atoms with Gasteiger partial charge in [0.25, 0.3) is 5.91 Å². The normalized spacial score (nSPS) is 14.5. The summed E-state index contributed by atoms with van der Waals surface area (Å²) in [6.45, 7) is 7.96. The number of aryl methyl sites for hydroxylation is 1. The molecule has 1 fully saturated rings. The minimum atomic E-state index is -0.105. The molecule has 2 aromatic rings. The number of anilines is 1. The third-order valence-electron chi connectivity index (χ3n) is 5.29. The molecule has 156 valence electrons. The van der Waals surface area contributed by atoms with Gasteiger partial charge in [0.15, 0.2) is 0 Å². The van der Waals surface area contributed by atoms with Crippen molar-refractivity contribution in [1.29, 1.82) is 0 Å². The van der Waals surface area contributed by atoms with Gasteiger partial charge in [-0.05, 0) is 49.7 Å². The molecule has 2 aromatic carbocycles. The van der Waals surface area contributed by atoms with Gasteiger partial charge in [0, 0.05) is 50.0 Å². The third kappa shape index (κ3) is 5.87. The van der Waals surface area contributed by atoms with E-state index in [0.717, 1.165) is 39.1 Å². The Hall–Kier alpha value is -2.73. The molecule has 0 atom stereocenters. The summed E-state index contributed by atoms with van der Waals surface area (Å²) >= 11 is 0. The number of carbonyl (C=O) groups is 1. The van der Waals surface area contributed by atoms with Crippen LogP contribution in [-0.2, 0) is 0 Å².